The number of nitrogens with one attached hydrogen (secondary N) is 3. The molecule has 0 saturated heterocycles. The Balaban J connectivity index is 1.41. The number of nitrogens with two attached hydrogens (primary N) is 1. The molecule has 10 nitrogen and oxygen atoms in total. The number of carbonyl (C=O) groups excluding carboxylic acids is 2. The van der Waals surface area contributed by atoms with Gasteiger partial charge in [0, 0.05) is 34.6 Å². The van der Waals surface area contributed by atoms with Crippen molar-refractivity contribution in [3.63, 3.8) is 0 Å². The highest BCUT2D eigenvalue weighted by molar-refractivity contribution is 5.98. The highest BCUT2D eigenvalue weighted by Gasteiger charge is 2.24. The van der Waals surface area contributed by atoms with E-state index in [0.717, 1.165) is 35.1 Å². The molecule has 0 aliphatic heterocycles. The molecule has 204 valence electrons. The van der Waals surface area contributed by atoms with Crippen LogP contribution < -0.4 is 21.1 Å². The Hall–Kier alpha value is -3.76. The maximum atomic E-state index is 13.0. The van der Waals surface area contributed by atoms with E-state index in [1.807, 2.05) is 30.3 Å². The first-order chi connectivity index (χ1) is 18.5. The Kier molecular flexibility index (Phi) is 9.45. The van der Waals surface area contributed by atoms with Crippen LogP contribution in [0.2, 0.25) is 0 Å². The number of H-pyrrole nitrogens is 1. The van der Waals surface area contributed by atoms with E-state index in [-0.39, 0.29) is 6.42 Å². The van der Waals surface area contributed by atoms with E-state index in [2.05, 4.69) is 20.5 Å². The van der Waals surface area contributed by atoms with Crippen molar-refractivity contribution in [3.8, 4) is 5.75 Å². The first-order valence-electron chi connectivity index (χ1n) is 12.9. The molecule has 1 unspecified atom stereocenters. The molecule has 0 radical (unpaired) electrons. The summed E-state index contributed by atoms with van der Waals surface area (Å²) >= 11 is 0. The summed E-state index contributed by atoms with van der Waals surface area (Å²) in [5, 5.41) is 7.20. The molecule has 1 fully saturated rings. The van der Waals surface area contributed by atoms with E-state index in [0.29, 0.717) is 36.3 Å². The molecule has 1 aliphatic carbocycles. The predicted molar refractivity (Wildman–Crippen MR) is 145 cm³/mol. The fraction of sp³-hybridized carbons (Fsp3) is 0.429. The van der Waals surface area contributed by atoms with Crippen LogP contribution in [0.15, 0.2) is 42.5 Å². The molecule has 1 aromatic heterocycles. The van der Waals surface area contributed by atoms with Crippen LogP contribution in [0.5, 0.6) is 5.75 Å². The number of amides is 1. The second kappa shape index (κ2) is 13.2. The van der Waals surface area contributed by atoms with Gasteiger partial charge in [0.1, 0.15) is 25.0 Å². The van der Waals surface area contributed by atoms with Gasteiger partial charge in [-0.2, -0.15) is 0 Å². The maximum absolute atomic E-state index is 13.0. The number of aromatic nitrogens is 1. The lowest BCUT2D eigenvalue weighted by Crippen LogP contribution is -2.43. The molecule has 3 aromatic rings. The topological polar surface area (TPSA) is 137 Å². The van der Waals surface area contributed by atoms with Gasteiger partial charge in [-0.3, -0.25) is 4.79 Å². The van der Waals surface area contributed by atoms with Crippen molar-refractivity contribution in [2.24, 2.45) is 0 Å². The number of hydrogen-bond donors (Lipinski definition) is 4. The van der Waals surface area contributed by atoms with E-state index < -0.39 is 17.9 Å². The summed E-state index contributed by atoms with van der Waals surface area (Å²) in [6, 6.07) is 12.2. The summed E-state index contributed by atoms with van der Waals surface area (Å²) < 4.78 is 10.6. The van der Waals surface area contributed by atoms with Crippen LogP contribution in [0.3, 0.4) is 0 Å². The van der Waals surface area contributed by atoms with E-state index >= 15 is 0 Å². The van der Waals surface area contributed by atoms with Gasteiger partial charge in [0.2, 0.25) is 0 Å². The lowest BCUT2D eigenvalue weighted by atomic mass is 9.95. The number of nitrogen functional groups attached to an aromatic ring is 1. The number of ether oxygens (including phenoxy) is 2. The number of carbonyl (C=O) groups is 2. The van der Waals surface area contributed by atoms with Gasteiger partial charge >= 0.3 is 5.97 Å². The Morgan fingerprint density at radius 2 is 1.87 bits per heavy atom. The molecule has 4 rings (SSSR count). The highest BCUT2D eigenvalue weighted by Crippen LogP contribution is 2.26. The third-order valence-corrected chi connectivity index (χ3v) is 6.69. The van der Waals surface area contributed by atoms with Crippen molar-refractivity contribution < 1.29 is 28.8 Å². The molecule has 1 heterocycles. The van der Waals surface area contributed by atoms with Crippen molar-refractivity contribution in [2.75, 3.05) is 38.5 Å². The van der Waals surface area contributed by atoms with Gasteiger partial charge in [0.25, 0.3) is 5.91 Å². The van der Waals surface area contributed by atoms with E-state index in [1.54, 1.807) is 12.1 Å². The molecule has 38 heavy (non-hydrogen) atoms. The van der Waals surface area contributed by atoms with E-state index in [9.17, 15) is 9.59 Å². The minimum atomic E-state index is -0.885. The molecular formula is C28H36N4O6. The summed E-state index contributed by atoms with van der Waals surface area (Å²) in [5.74, 6) is -0.260. The number of hydrogen-bond acceptors (Lipinski definition) is 8. The number of esters is 1. The third-order valence-electron chi connectivity index (χ3n) is 6.69. The molecule has 1 aliphatic rings. The first-order valence-corrected chi connectivity index (χ1v) is 12.9. The molecule has 10 heteroatoms. The summed E-state index contributed by atoms with van der Waals surface area (Å²) in [7, 11) is 2.74. The van der Waals surface area contributed by atoms with E-state index in [1.165, 1.54) is 33.5 Å². The van der Waals surface area contributed by atoms with Crippen molar-refractivity contribution in [1.82, 2.24) is 10.3 Å². The zero-order valence-electron chi connectivity index (χ0n) is 21.9. The fourth-order valence-electron chi connectivity index (χ4n) is 4.75. The number of fused-ring (bicyclic) bond motifs is 1. The normalized spacial score (nSPS) is 14.7. The molecule has 2 aromatic carbocycles. The van der Waals surface area contributed by atoms with Crippen LogP contribution in [0, 0.1) is 0 Å². The summed E-state index contributed by atoms with van der Waals surface area (Å²) in [4.78, 5) is 38.2. The highest BCUT2D eigenvalue weighted by atomic mass is 17.2. The number of rotatable bonds is 12. The Bertz CT molecular complexity index is 1240. The number of methoxy groups -OCH3 is 1. The average Bonchev–Trinajstić information content (AvgIpc) is 3.33. The quantitative estimate of drug-likeness (QED) is 0.0919. The van der Waals surface area contributed by atoms with Crippen LogP contribution >= 0.6 is 0 Å². The van der Waals surface area contributed by atoms with Gasteiger partial charge in [-0.1, -0.05) is 19.3 Å². The minimum Gasteiger partial charge on any atom is -0.491 e. The van der Waals surface area contributed by atoms with Gasteiger partial charge in [-0.25, -0.2) is 14.6 Å². The third kappa shape index (κ3) is 7.17. The second-order valence-corrected chi connectivity index (χ2v) is 9.42. The molecule has 0 spiro atoms. The van der Waals surface area contributed by atoms with Gasteiger partial charge in [-0.05, 0) is 55.3 Å². The summed E-state index contributed by atoms with van der Waals surface area (Å²) in [6.45, 7) is 0.647. The predicted octanol–water partition coefficient (Wildman–Crippen LogP) is 3.97. The Morgan fingerprint density at radius 3 is 2.61 bits per heavy atom. The molecular weight excluding hydrogens is 488 g/mol. The first kappa shape index (κ1) is 27.3. The average molecular weight is 525 g/mol. The maximum Gasteiger partial charge on any atom is 0.328 e. The Labute approximate surface area is 222 Å². The second-order valence-electron chi connectivity index (χ2n) is 9.42. The van der Waals surface area contributed by atoms with Crippen molar-refractivity contribution >= 4 is 34.2 Å². The summed E-state index contributed by atoms with van der Waals surface area (Å²) in [5.41, 5.74) is 9.60. The molecule has 1 amide bonds. The van der Waals surface area contributed by atoms with Gasteiger partial charge < -0.3 is 30.8 Å². The van der Waals surface area contributed by atoms with Crippen molar-refractivity contribution in [2.45, 2.75) is 50.6 Å². The Morgan fingerprint density at radius 1 is 1.05 bits per heavy atom. The monoisotopic (exact) mass is 524 g/mol. The molecule has 0 bridgehead atoms. The van der Waals surface area contributed by atoms with Gasteiger partial charge in [-0.15, -0.1) is 0 Å². The van der Waals surface area contributed by atoms with Crippen LogP contribution in [0.4, 0.5) is 11.4 Å². The fourth-order valence-corrected chi connectivity index (χ4v) is 4.75. The molecule has 5 N–H and O–H groups in total. The smallest absolute Gasteiger partial charge is 0.328 e. The number of anilines is 2. The zero-order valence-corrected chi connectivity index (χ0v) is 21.9. The zero-order chi connectivity index (χ0) is 26.9. The van der Waals surface area contributed by atoms with Crippen molar-refractivity contribution in [1.29, 1.82) is 0 Å². The lowest BCUT2D eigenvalue weighted by Gasteiger charge is -2.24. The number of benzene rings is 2. The lowest BCUT2D eigenvalue weighted by molar-refractivity contribution is -0.274. The largest absolute Gasteiger partial charge is 0.491 e. The standard InChI is InChI=1S/C28H36N4O6/c1-35-28(34)26(17-21-14-19-15-22(9-11-24(19)31-21)37-12-13-38-36-2)32-27(33)18-8-10-25(23(29)16-18)30-20-6-4-3-5-7-20/h8-11,14-16,20,26,30-31H,3-7,12-13,17,29H2,1-2H3,(H,32,33). The van der Waals surface area contributed by atoms with Crippen molar-refractivity contribution in [3.05, 3.63) is 53.7 Å². The molecule has 1 saturated carbocycles. The van der Waals surface area contributed by atoms with Crippen LogP contribution in [0.25, 0.3) is 10.9 Å². The van der Waals surface area contributed by atoms with Crippen LogP contribution in [-0.4, -0.2) is 56.4 Å². The molecule has 1 atom stereocenters. The summed E-state index contributed by atoms with van der Waals surface area (Å²) in [6.07, 6.45) is 6.15. The van der Waals surface area contributed by atoms with Gasteiger partial charge in [0.15, 0.2) is 0 Å². The van der Waals surface area contributed by atoms with Crippen LogP contribution in [0.1, 0.15) is 48.2 Å². The minimum absolute atomic E-state index is 0.224. The van der Waals surface area contributed by atoms with Crippen LogP contribution in [-0.2, 0) is 25.7 Å². The van der Waals surface area contributed by atoms with Gasteiger partial charge in [0.05, 0.1) is 25.6 Å². The SMILES string of the molecule is COOCCOc1ccc2[nH]c(CC(NC(=O)c3ccc(NC4CCCCC4)c(N)c3)C(=O)OC)cc2c1. The number of aromatic amines is 1. The van der Waals surface area contributed by atoms with E-state index in [4.69, 9.17) is 20.1 Å².